The number of methoxy groups -OCH3 is 1. The Hall–Kier alpha value is -3.22. The van der Waals surface area contributed by atoms with Crippen LogP contribution in [0.5, 0.6) is 23.0 Å². The van der Waals surface area contributed by atoms with E-state index >= 15 is 0 Å². The van der Waals surface area contributed by atoms with Crippen molar-refractivity contribution in [2.45, 2.75) is 6.92 Å². The Labute approximate surface area is 139 Å². The van der Waals surface area contributed by atoms with Gasteiger partial charge in [-0.05, 0) is 31.2 Å². The first-order valence-corrected chi connectivity index (χ1v) is 7.12. The third kappa shape index (κ3) is 4.39. The number of nitrogens with one attached hydrogen (secondary N) is 1. The van der Waals surface area contributed by atoms with E-state index in [2.05, 4.69) is 10.5 Å². The molecule has 0 heterocycles. The maximum atomic E-state index is 11.8. The van der Waals surface area contributed by atoms with Crippen molar-refractivity contribution in [3.8, 4) is 23.0 Å². The molecule has 0 saturated carbocycles. The normalized spacial score (nSPS) is 11.0. The number of rotatable bonds is 6. The molecule has 0 aliphatic heterocycles. The quantitative estimate of drug-likeness (QED) is 0.556. The highest BCUT2D eigenvalue weighted by Gasteiger charge is 2.08. The fourth-order valence-electron chi connectivity index (χ4n) is 1.95. The minimum atomic E-state index is -0.460. The Balaban J connectivity index is 1.94. The van der Waals surface area contributed by atoms with E-state index in [4.69, 9.17) is 9.47 Å². The van der Waals surface area contributed by atoms with E-state index in [9.17, 15) is 15.0 Å². The van der Waals surface area contributed by atoms with Crippen molar-refractivity contribution in [3.63, 3.8) is 0 Å². The average molecular weight is 330 g/mol. The van der Waals surface area contributed by atoms with Crippen molar-refractivity contribution in [3.05, 3.63) is 48.0 Å². The van der Waals surface area contributed by atoms with Gasteiger partial charge in [-0.25, -0.2) is 5.43 Å². The van der Waals surface area contributed by atoms with Crippen LogP contribution in [-0.2, 0) is 4.79 Å². The number of hydrogen-bond donors (Lipinski definition) is 3. The molecule has 0 radical (unpaired) electrons. The molecule has 0 saturated heterocycles. The first kappa shape index (κ1) is 17.1. The van der Waals surface area contributed by atoms with Crippen LogP contribution in [-0.4, -0.2) is 35.5 Å². The molecule has 1 amide bonds. The molecule has 0 aliphatic carbocycles. The number of phenols is 2. The van der Waals surface area contributed by atoms with Crippen LogP contribution in [0.4, 0.5) is 0 Å². The summed E-state index contributed by atoms with van der Waals surface area (Å²) in [6, 6.07) is 11.1. The summed E-state index contributed by atoms with van der Waals surface area (Å²) in [7, 11) is 1.51. The van der Waals surface area contributed by atoms with Crippen LogP contribution in [0.2, 0.25) is 0 Å². The first-order chi connectivity index (χ1) is 11.5. The molecule has 0 atom stereocenters. The summed E-state index contributed by atoms with van der Waals surface area (Å²) >= 11 is 0. The van der Waals surface area contributed by atoms with Crippen molar-refractivity contribution in [2.75, 3.05) is 13.7 Å². The van der Waals surface area contributed by atoms with Gasteiger partial charge in [-0.1, -0.05) is 12.1 Å². The topological polar surface area (TPSA) is 100 Å². The molecule has 2 rings (SSSR count). The number of ether oxygens (including phenoxy) is 2. The van der Waals surface area contributed by atoms with Crippen molar-refractivity contribution >= 4 is 11.6 Å². The van der Waals surface area contributed by atoms with Gasteiger partial charge in [-0.15, -0.1) is 0 Å². The van der Waals surface area contributed by atoms with E-state index in [1.54, 1.807) is 31.2 Å². The molecule has 7 heteroatoms. The largest absolute Gasteiger partial charge is 0.508 e. The number of benzene rings is 2. The molecule has 0 aromatic heterocycles. The SMILES string of the molecule is COc1ccccc1OCC(=O)N/N=C(/C)c1ccc(O)cc1O. The molecule has 3 N–H and O–H groups in total. The van der Waals surface area contributed by atoms with E-state index in [-0.39, 0.29) is 18.1 Å². The molecular weight excluding hydrogens is 312 g/mol. The number of hydrogen-bond acceptors (Lipinski definition) is 6. The van der Waals surface area contributed by atoms with Gasteiger partial charge in [0.05, 0.1) is 12.8 Å². The lowest BCUT2D eigenvalue weighted by molar-refractivity contribution is -0.123. The smallest absolute Gasteiger partial charge is 0.277 e. The number of phenolic OH excluding ortho intramolecular Hbond substituents is 2. The summed E-state index contributed by atoms with van der Waals surface area (Å²) in [5, 5.41) is 22.9. The molecule has 2 aromatic rings. The first-order valence-electron chi connectivity index (χ1n) is 7.12. The van der Waals surface area contributed by atoms with Gasteiger partial charge < -0.3 is 19.7 Å². The maximum absolute atomic E-state index is 11.8. The molecule has 24 heavy (non-hydrogen) atoms. The summed E-state index contributed by atoms with van der Waals surface area (Å²) < 4.78 is 10.5. The number of para-hydroxylation sites is 2. The fraction of sp³-hybridized carbons (Fsp3) is 0.176. The summed E-state index contributed by atoms with van der Waals surface area (Å²) in [4.78, 5) is 11.8. The average Bonchev–Trinajstić information content (AvgIpc) is 2.58. The molecule has 7 nitrogen and oxygen atoms in total. The van der Waals surface area contributed by atoms with Gasteiger partial charge >= 0.3 is 0 Å². The number of aromatic hydroxyl groups is 2. The third-order valence-electron chi connectivity index (χ3n) is 3.15. The number of amides is 1. The van der Waals surface area contributed by atoms with Gasteiger partial charge in [0, 0.05) is 11.6 Å². The highest BCUT2D eigenvalue weighted by Crippen LogP contribution is 2.25. The lowest BCUT2D eigenvalue weighted by Gasteiger charge is -2.09. The molecule has 0 unspecified atom stereocenters. The molecule has 2 aromatic carbocycles. The molecule has 0 fully saturated rings. The summed E-state index contributed by atoms with van der Waals surface area (Å²) in [6.45, 7) is 1.38. The van der Waals surface area contributed by atoms with Crippen molar-refractivity contribution < 1.29 is 24.5 Å². The van der Waals surface area contributed by atoms with Crippen molar-refractivity contribution in [2.24, 2.45) is 5.10 Å². The molecule has 0 bridgehead atoms. The summed E-state index contributed by atoms with van der Waals surface area (Å²) in [5.74, 6) is 0.332. The second kappa shape index (κ2) is 7.87. The van der Waals surface area contributed by atoms with E-state index in [0.717, 1.165) is 0 Å². The second-order valence-corrected chi connectivity index (χ2v) is 4.87. The number of nitrogens with zero attached hydrogens (tertiary/aromatic N) is 1. The van der Waals surface area contributed by atoms with Gasteiger partial charge in [0.2, 0.25) is 0 Å². The summed E-state index contributed by atoms with van der Waals surface area (Å²) in [5.41, 5.74) is 3.13. The molecule has 0 spiro atoms. The summed E-state index contributed by atoms with van der Waals surface area (Å²) in [6.07, 6.45) is 0. The van der Waals surface area contributed by atoms with Crippen LogP contribution in [0.1, 0.15) is 12.5 Å². The lowest BCUT2D eigenvalue weighted by atomic mass is 10.1. The van der Waals surface area contributed by atoms with Gasteiger partial charge in [0.1, 0.15) is 11.5 Å². The predicted octanol–water partition coefficient (Wildman–Crippen LogP) is 2.03. The predicted molar refractivity (Wildman–Crippen MR) is 88.6 cm³/mol. The van der Waals surface area contributed by atoms with Crippen LogP contribution in [0.15, 0.2) is 47.6 Å². The Morgan fingerprint density at radius 2 is 1.88 bits per heavy atom. The van der Waals surface area contributed by atoms with Crippen LogP contribution >= 0.6 is 0 Å². The molecule has 126 valence electrons. The minimum absolute atomic E-state index is 0.0571. The van der Waals surface area contributed by atoms with Gasteiger partial charge in [-0.2, -0.15) is 5.10 Å². The molecular formula is C17H18N2O5. The van der Waals surface area contributed by atoms with Crippen molar-refractivity contribution in [1.29, 1.82) is 0 Å². The van der Waals surface area contributed by atoms with E-state index in [1.165, 1.54) is 25.3 Å². The van der Waals surface area contributed by atoms with Crippen LogP contribution in [0, 0.1) is 0 Å². The van der Waals surface area contributed by atoms with Crippen LogP contribution in [0.25, 0.3) is 0 Å². The Bertz CT molecular complexity index is 758. The Morgan fingerprint density at radius 3 is 2.54 bits per heavy atom. The Morgan fingerprint density at radius 1 is 1.17 bits per heavy atom. The third-order valence-corrected chi connectivity index (χ3v) is 3.15. The monoisotopic (exact) mass is 330 g/mol. The number of hydrazone groups is 1. The second-order valence-electron chi connectivity index (χ2n) is 4.87. The van der Waals surface area contributed by atoms with E-state index < -0.39 is 5.91 Å². The maximum Gasteiger partial charge on any atom is 0.277 e. The number of carbonyl (C=O) groups is 1. The standard InChI is InChI=1S/C17H18N2O5/c1-11(13-8-7-12(20)9-14(13)21)18-19-17(22)10-24-16-6-4-3-5-15(16)23-2/h3-9,20-21H,10H2,1-2H3,(H,19,22)/b18-11-. The van der Waals surface area contributed by atoms with E-state index in [0.29, 0.717) is 22.8 Å². The van der Waals surface area contributed by atoms with Crippen LogP contribution in [0.3, 0.4) is 0 Å². The lowest BCUT2D eigenvalue weighted by Crippen LogP contribution is -2.25. The van der Waals surface area contributed by atoms with Crippen LogP contribution < -0.4 is 14.9 Å². The Kier molecular flexibility index (Phi) is 5.62. The number of carbonyl (C=O) groups excluding carboxylic acids is 1. The molecule has 0 aliphatic rings. The van der Waals surface area contributed by atoms with Gasteiger partial charge in [0.25, 0.3) is 5.91 Å². The van der Waals surface area contributed by atoms with Crippen molar-refractivity contribution in [1.82, 2.24) is 5.43 Å². The fourth-order valence-corrected chi connectivity index (χ4v) is 1.95. The zero-order valence-electron chi connectivity index (χ0n) is 13.3. The van der Waals surface area contributed by atoms with Gasteiger partial charge in [-0.3, -0.25) is 4.79 Å². The zero-order valence-corrected chi connectivity index (χ0v) is 13.3. The highest BCUT2D eigenvalue weighted by molar-refractivity contribution is 6.01. The minimum Gasteiger partial charge on any atom is -0.508 e. The van der Waals surface area contributed by atoms with E-state index in [1.807, 2.05) is 0 Å². The zero-order chi connectivity index (χ0) is 17.5. The highest BCUT2D eigenvalue weighted by atomic mass is 16.5. The van der Waals surface area contributed by atoms with Gasteiger partial charge in [0.15, 0.2) is 18.1 Å².